The molecule has 4 aliphatic rings. The first kappa shape index (κ1) is 12.2. The fraction of sp³-hybridized carbons (Fsp3) is 0.933. The number of carboxylic acid groups (broad SMARTS) is 1. The second-order valence-corrected chi connectivity index (χ2v) is 7.20. The van der Waals surface area contributed by atoms with Gasteiger partial charge in [-0.2, -0.15) is 0 Å². The van der Waals surface area contributed by atoms with E-state index in [1.807, 2.05) is 0 Å². The summed E-state index contributed by atoms with van der Waals surface area (Å²) in [5, 5.41) is 19.7. The molecule has 3 aliphatic carbocycles. The molecule has 0 aromatic carbocycles. The number of carbonyl (C=O) groups is 1. The van der Waals surface area contributed by atoms with E-state index in [0.717, 1.165) is 44.9 Å². The zero-order valence-electron chi connectivity index (χ0n) is 11.2. The van der Waals surface area contributed by atoms with Crippen molar-refractivity contribution in [1.29, 1.82) is 0 Å². The van der Waals surface area contributed by atoms with E-state index < -0.39 is 22.6 Å². The van der Waals surface area contributed by atoms with Crippen LogP contribution in [0.25, 0.3) is 0 Å². The molecule has 4 bridgehead atoms. The Kier molecular flexibility index (Phi) is 2.26. The number of rotatable bonds is 2. The average molecular weight is 266 g/mol. The molecule has 0 radical (unpaired) electrons. The Morgan fingerprint density at radius 3 is 2.32 bits per heavy atom. The van der Waals surface area contributed by atoms with Gasteiger partial charge in [0.2, 0.25) is 0 Å². The van der Waals surface area contributed by atoms with Crippen molar-refractivity contribution in [1.82, 2.24) is 0 Å². The number of fused-ring (bicyclic) bond motifs is 2. The second-order valence-electron chi connectivity index (χ2n) is 7.20. The highest BCUT2D eigenvalue weighted by atomic mass is 16.5. The summed E-state index contributed by atoms with van der Waals surface area (Å²) in [6.45, 7) is -0.0246. The lowest BCUT2D eigenvalue weighted by Crippen LogP contribution is -2.53. The first-order chi connectivity index (χ1) is 9.09. The van der Waals surface area contributed by atoms with Gasteiger partial charge < -0.3 is 14.9 Å². The summed E-state index contributed by atoms with van der Waals surface area (Å²) in [7, 11) is 0. The molecule has 2 unspecified atom stereocenters. The summed E-state index contributed by atoms with van der Waals surface area (Å²) in [5.74, 6) is 0.126. The highest BCUT2D eigenvalue weighted by Crippen LogP contribution is 2.71. The van der Waals surface area contributed by atoms with Crippen LogP contribution >= 0.6 is 0 Å². The zero-order valence-corrected chi connectivity index (χ0v) is 11.2. The molecule has 4 fully saturated rings. The molecule has 4 rings (SSSR count). The predicted octanol–water partition coefficient (Wildman–Crippen LogP) is 1.95. The third kappa shape index (κ3) is 1.17. The minimum atomic E-state index is -0.726. The number of carboxylic acids is 1. The maximum absolute atomic E-state index is 12.1. The summed E-state index contributed by atoms with van der Waals surface area (Å²) >= 11 is 0. The first-order valence-electron chi connectivity index (χ1n) is 7.63. The van der Waals surface area contributed by atoms with Crippen LogP contribution in [0.3, 0.4) is 0 Å². The highest BCUT2D eigenvalue weighted by molar-refractivity contribution is 5.78. The molecule has 2 N–H and O–H groups in total. The third-order valence-electron chi connectivity index (χ3n) is 6.63. The van der Waals surface area contributed by atoms with Crippen molar-refractivity contribution < 1.29 is 19.7 Å². The molecule has 1 heterocycles. The summed E-state index contributed by atoms with van der Waals surface area (Å²) in [6.07, 6.45) is 7.40. The average Bonchev–Trinajstić information content (AvgIpc) is 3.01. The molecule has 0 amide bonds. The number of ether oxygens (including phenoxy) is 1. The Balaban J connectivity index is 1.88. The standard InChI is InChI=1S/C15H22O4/c16-9-13-6-1-7-14(8-13,12(17)18)15(19-13)10-2-3-11(15)5-4-10/h10-11,16H,1-9H2,(H,17,18). The van der Waals surface area contributed by atoms with E-state index in [1.165, 1.54) is 0 Å². The molecular weight excluding hydrogens is 244 g/mol. The van der Waals surface area contributed by atoms with Crippen molar-refractivity contribution in [3.8, 4) is 0 Å². The second kappa shape index (κ2) is 3.53. The van der Waals surface area contributed by atoms with Crippen LogP contribution in [0.5, 0.6) is 0 Å². The lowest BCUT2D eigenvalue weighted by Gasteiger charge is -2.42. The minimum absolute atomic E-state index is 0.0246. The van der Waals surface area contributed by atoms with Gasteiger partial charge in [0.15, 0.2) is 0 Å². The monoisotopic (exact) mass is 266 g/mol. The van der Waals surface area contributed by atoms with Crippen molar-refractivity contribution in [2.45, 2.75) is 62.6 Å². The van der Waals surface area contributed by atoms with E-state index >= 15 is 0 Å². The van der Waals surface area contributed by atoms with E-state index in [0.29, 0.717) is 18.3 Å². The molecule has 19 heavy (non-hydrogen) atoms. The van der Waals surface area contributed by atoms with Crippen LogP contribution in [0.1, 0.15) is 51.4 Å². The number of hydrogen-bond acceptors (Lipinski definition) is 3. The minimum Gasteiger partial charge on any atom is -0.481 e. The third-order valence-corrected chi connectivity index (χ3v) is 6.63. The molecule has 0 aromatic heterocycles. The smallest absolute Gasteiger partial charge is 0.312 e. The van der Waals surface area contributed by atoms with Gasteiger partial charge in [0, 0.05) is 0 Å². The Bertz CT molecular complexity index is 414. The quantitative estimate of drug-likeness (QED) is 0.801. The van der Waals surface area contributed by atoms with E-state index in [1.54, 1.807) is 0 Å². The Hall–Kier alpha value is -0.610. The van der Waals surface area contributed by atoms with Gasteiger partial charge in [-0.3, -0.25) is 4.79 Å². The lowest BCUT2D eigenvalue weighted by molar-refractivity contribution is -0.179. The van der Waals surface area contributed by atoms with Crippen LogP contribution in [0, 0.1) is 17.3 Å². The summed E-state index contributed by atoms with van der Waals surface area (Å²) in [6, 6.07) is 0. The normalized spacial score (nSPS) is 55.0. The van der Waals surface area contributed by atoms with Gasteiger partial charge in [-0.15, -0.1) is 0 Å². The van der Waals surface area contributed by atoms with Gasteiger partial charge in [0.05, 0.1) is 17.8 Å². The fourth-order valence-corrected chi connectivity index (χ4v) is 6.07. The van der Waals surface area contributed by atoms with Crippen molar-refractivity contribution in [3.05, 3.63) is 0 Å². The van der Waals surface area contributed by atoms with Crippen molar-refractivity contribution in [3.63, 3.8) is 0 Å². The molecular formula is C15H22O4. The zero-order chi connectivity index (χ0) is 13.3. The molecule has 1 spiro atoms. The molecule has 0 aromatic rings. The number of aliphatic hydroxyl groups is 1. The van der Waals surface area contributed by atoms with E-state index in [-0.39, 0.29) is 6.61 Å². The van der Waals surface area contributed by atoms with Gasteiger partial charge in [-0.25, -0.2) is 0 Å². The van der Waals surface area contributed by atoms with Crippen LogP contribution in [0.15, 0.2) is 0 Å². The van der Waals surface area contributed by atoms with E-state index in [9.17, 15) is 15.0 Å². The molecule has 4 nitrogen and oxygen atoms in total. The summed E-state index contributed by atoms with van der Waals surface area (Å²) in [5.41, 5.74) is -1.75. The van der Waals surface area contributed by atoms with Gasteiger partial charge in [-0.05, 0) is 63.2 Å². The highest BCUT2D eigenvalue weighted by Gasteiger charge is 2.77. The maximum atomic E-state index is 12.1. The Labute approximate surface area is 113 Å². The van der Waals surface area contributed by atoms with Crippen LogP contribution in [-0.4, -0.2) is 34.0 Å². The number of aliphatic carboxylic acids is 1. The van der Waals surface area contributed by atoms with Gasteiger partial charge in [-0.1, -0.05) is 0 Å². The van der Waals surface area contributed by atoms with E-state index in [4.69, 9.17) is 4.74 Å². The lowest BCUT2D eigenvalue weighted by atomic mass is 9.59. The fourth-order valence-electron chi connectivity index (χ4n) is 6.07. The molecule has 106 valence electrons. The first-order valence-corrected chi connectivity index (χ1v) is 7.63. The Morgan fingerprint density at radius 2 is 1.79 bits per heavy atom. The van der Waals surface area contributed by atoms with Crippen LogP contribution < -0.4 is 0 Å². The van der Waals surface area contributed by atoms with Gasteiger partial charge in [0.1, 0.15) is 5.41 Å². The molecule has 3 saturated carbocycles. The van der Waals surface area contributed by atoms with Crippen molar-refractivity contribution in [2.24, 2.45) is 17.3 Å². The topological polar surface area (TPSA) is 66.8 Å². The molecule has 2 atom stereocenters. The van der Waals surface area contributed by atoms with Crippen LogP contribution in [0.2, 0.25) is 0 Å². The van der Waals surface area contributed by atoms with Crippen LogP contribution in [-0.2, 0) is 9.53 Å². The SMILES string of the molecule is O=C(O)C12CCCC(CO)(C1)OC21C2CCC1CC2. The maximum Gasteiger partial charge on any atom is 0.312 e. The predicted molar refractivity (Wildman–Crippen MR) is 67.6 cm³/mol. The largest absolute Gasteiger partial charge is 0.481 e. The molecule has 1 aliphatic heterocycles. The summed E-state index contributed by atoms with van der Waals surface area (Å²) < 4.78 is 6.49. The summed E-state index contributed by atoms with van der Waals surface area (Å²) in [4.78, 5) is 12.1. The molecule has 4 heteroatoms. The van der Waals surface area contributed by atoms with Gasteiger partial charge in [0.25, 0.3) is 0 Å². The van der Waals surface area contributed by atoms with Crippen molar-refractivity contribution >= 4 is 5.97 Å². The van der Waals surface area contributed by atoms with Crippen molar-refractivity contribution in [2.75, 3.05) is 6.61 Å². The van der Waals surface area contributed by atoms with E-state index in [2.05, 4.69) is 0 Å². The number of aliphatic hydroxyl groups excluding tert-OH is 1. The molecule has 1 saturated heterocycles. The number of hydrogen-bond donors (Lipinski definition) is 2. The van der Waals surface area contributed by atoms with Crippen LogP contribution in [0.4, 0.5) is 0 Å². The van der Waals surface area contributed by atoms with Gasteiger partial charge >= 0.3 is 5.97 Å². The Morgan fingerprint density at radius 1 is 1.16 bits per heavy atom.